The van der Waals surface area contributed by atoms with Crippen LogP contribution in [0.15, 0.2) is 35.2 Å². The Morgan fingerprint density at radius 2 is 1.62 bits per heavy atom. The third-order valence-corrected chi connectivity index (χ3v) is 6.14. The highest BCUT2D eigenvalue weighted by Gasteiger charge is 2.35. The van der Waals surface area contributed by atoms with Gasteiger partial charge in [-0.1, -0.05) is 18.2 Å². The van der Waals surface area contributed by atoms with Gasteiger partial charge < -0.3 is 0 Å². The fraction of sp³-hybridized carbons (Fsp3) is 0.222. The molecule has 0 spiro atoms. The highest BCUT2D eigenvalue weighted by Crippen LogP contribution is 2.18. The van der Waals surface area contributed by atoms with Crippen LogP contribution >= 0.6 is 0 Å². The molecule has 1 aromatic carbocycles. The van der Waals surface area contributed by atoms with Crippen molar-refractivity contribution in [3.8, 4) is 6.07 Å². The van der Waals surface area contributed by atoms with Crippen molar-refractivity contribution in [1.82, 2.24) is 0 Å². The standard InChI is InChI=1S/C9H9NO4S2/c1-15(11,12)9(7-10)16(13,14)8-5-3-2-4-6-8/h2-6,9H,1H3. The van der Waals surface area contributed by atoms with Crippen molar-refractivity contribution in [3.63, 3.8) is 0 Å². The van der Waals surface area contributed by atoms with E-state index in [4.69, 9.17) is 5.26 Å². The fourth-order valence-electron chi connectivity index (χ4n) is 1.13. The van der Waals surface area contributed by atoms with Gasteiger partial charge in [-0.3, -0.25) is 0 Å². The van der Waals surface area contributed by atoms with Gasteiger partial charge in [0.15, 0.2) is 9.84 Å². The monoisotopic (exact) mass is 259 g/mol. The maximum Gasteiger partial charge on any atom is 0.252 e. The first-order valence-electron chi connectivity index (χ1n) is 4.17. The molecule has 0 N–H and O–H groups in total. The number of hydrogen-bond donors (Lipinski definition) is 0. The SMILES string of the molecule is CS(=O)(=O)C(C#N)S(=O)(=O)c1ccccc1. The number of hydrogen-bond acceptors (Lipinski definition) is 5. The molecule has 0 aromatic heterocycles. The molecule has 16 heavy (non-hydrogen) atoms. The van der Waals surface area contributed by atoms with E-state index in [-0.39, 0.29) is 4.90 Å². The Hall–Kier alpha value is -1.39. The maximum absolute atomic E-state index is 11.8. The first-order chi connectivity index (χ1) is 7.30. The molecule has 1 aromatic rings. The van der Waals surface area contributed by atoms with Crippen LogP contribution in [0.4, 0.5) is 0 Å². The molecule has 1 unspecified atom stereocenters. The van der Waals surface area contributed by atoms with Crippen LogP contribution < -0.4 is 0 Å². The average molecular weight is 259 g/mol. The lowest BCUT2D eigenvalue weighted by Gasteiger charge is -2.08. The fourth-order valence-corrected chi connectivity index (χ4v) is 4.42. The summed E-state index contributed by atoms with van der Waals surface area (Å²) in [5, 5.41) is 8.65. The first kappa shape index (κ1) is 12.7. The van der Waals surface area contributed by atoms with Gasteiger partial charge in [-0.05, 0) is 12.1 Å². The molecule has 0 radical (unpaired) electrons. The van der Waals surface area contributed by atoms with Crippen molar-refractivity contribution in [2.45, 2.75) is 9.48 Å². The molecule has 0 saturated carbocycles. The second-order valence-corrected chi connectivity index (χ2v) is 7.61. The van der Waals surface area contributed by atoms with Crippen LogP contribution in [0.25, 0.3) is 0 Å². The molecule has 86 valence electrons. The van der Waals surface area contributed by atoms with Gasteiger partial charge in [-0.15, -0.1) is 0 Å². The van der Waals surface area contributed by atoms with Crippen molar-refractivity contribution < 1.29 is 16.8 Å². The van der Waals surface area contributed by atoms with E-state index >= 15 is 0 Å². The van der Waals surface area contributed by atoms with E-state index in [0.717, 1.165) is 6.26 Å². The molecular weight excluding hydrogens is 250 g/mol. The van der Waals surface area contributed by atoms with Crippen LogP contribution in [-0.4, -0.2) is 27.7 Å². The minimum Gasteiger partial charge on any atom is -0.227 e. The zero-order valence-electron chi connectivity index (χ0n) is 8.36. The predicted molar refractivity (Wildman–Crippen MR) is 57.9 cm³/mol. The second kappa shape index (κ2) is 4.23. The number of nitrogens with zero attached hydrogens (tertiary/aromatic N) is 1. The molecule has 1 rings (SSSR count). The van der Waals surface area contributed by atoms with Crippen molar-refractivity contribution in [2.75, 3.05) is 6.26 Å². The smallest absolute Gasteiger partial charge is 0.227 e. The Balaban J connectivity index is 3.40. The van der Waals surface area contributed by atoms with Crippen LogP contribution in [0.1, 0.15) is 0 Å². The maximum atomic E-state index is 11.8. The Bertz CT molecular complexity index is 611. The normalized spacial score (nSPS) is 14.0. The summed E-state index contributed by atoms with van der Waals surface area (Å²) < 4.78 is 43.9. The lowest BCUT2D eigenvalue weighted by Crippen LogP contribution is -2.28. The third kappa shape index (κ3) is 2.40. The summed E-state index contributed by atoms with van der Waals surface area (Å²) in [4.78, 5) is -0.174. The lowest BCUT2D eigenvalue weighted by molar-refractivity contribution is 0.585. The van der Waals surface area contributed by atoms with Gasteiger partial charge in [0.25, 0.3) is 4.58 Å². The van der Waals surface area contributed by atoms with Gasteiger partial charge in [-0.25, -0.2) is 16.8 Å². The molecule has 7 heteroatoms. The molecule has 0 aliphatic heterocycles. The van der Waals surface area contributed by atoms with E-state index in [9.17, 15) is 16.8 Å². The average Bonchev–Trinajstić information content (AvgIpc) is 2.17. The van der Waals surface area contributed by atoms with Crippen molar-refractivity contribution in [3.05, 3.63) is 30.3 Å². The van der Waals surface area contributed by atoms with Gasteiger partial charge in [0.1, 0.15) is 0 Å². The summed E-state index contributed by atoms with van der Waals surface area (Å²) in [5.74, 6) is 0. The van der Waals surface area contributed by atoms with E-state index in [1.54, 1.807) is 6.07 Å². The summed E-state index contributed by atoms with van der Waals surface area (Å²) in [7, 11) is -8.13. The Labute approximate surface area is 94.2 Å². The summed E-state index contributed by atoms with van der Waals surface area (Å²) in [6, 6.07) is 8.34. The van der Waals surface area contributed by atoms with E-state index in [1.165, 1.54) is 30.3 Å². The van der Waals surface area contributed by atoms with Crippen molar-refractivity contribution in [2.24, 2.45) is 0 Å². The molecule has 0 amide bonds. The Morgan fingerprint density at radius 1 is 1.12 bits per heavy atom. The molecule has 1 atom stereocenters. The van der Waals surface area contributed by atoms with Crippen molar-refractivity contribution in [1.29, 1.82) is 5.26 Å². The largest absolute Gasteiger partial charge is 0.252 e. The minimum absolute atomic E-state index is 0.174. The zero-order chi connectivity index (χ0) is 12.4. The quantitative estimate of drug-likeness (QED) is 0.781. The summed E-state index contributed by atoms with van der Waals surface area (Å²) >= 11 is 0. The molecule has 0 saturated heterocycles. The summed E-state index contributed by atoms with van der Waals surface area (Å²) in [6.45, 7) is 0. The summed E-state index contributed by atoms with van der Waals surface area (Å²) in [6.07, 6.45) is 0.724. The van der Waals surface area contributed by atoms with E-state index in [1.807, 2.05) is 0 Å². The number of sulfone groups is 2. The minimum atomic E-state index is -4.16. The van der Waals surface area contributed by atoms with Crippen LogP contribution in [-0.2, 0) is 19.7 Å². The molecule has 5 nitrogen and oxygen atoms in total. The molecule has 0 heterocycles. The number of nitriles is 1. The molecular formula is C9H9NO4S2. The van der Waals surface area contributed by atoms with Crippen LogP contribution in [0.3, 0.4) is 0 Å². The second-order valence-electron chi connectivity index (χ2n) is 3.15. The van der Waals surface area contributed by atoms with Crippen LogP contribution in [0.5, 0.6) is 0 Å². The van der Waals surface area contributed by atoms with E-state index < -0.39 is 24.3 Å². The first-order valence-corrected chi connectivity index (χ1v) is 7.67. The number of benzene rings is 1. The lowest BCUT2D eigenvalue weighted by atomic mass is 10.4. The van der Waals surface area contributed by atoms with Gasteiger partial charge in [0.2, 0.25) is 9.84 Å². The Morgan fingerprint density at radius 3 is 2.00 bits per heavy atom. The summed E-state index contributed by atoms with van der Waals surface area (Å²) in [5.41, 5.74) is 0. The zero-order valence-corrected chi connectivity index (χ0v) is 9.99. The molecule has 0 aliphatic carbocycles. The Kier molecular flexibility index (Phi) is 3.35. The van der Waals surface area contributed by atoms with E-state index in [0.29, 0.717) is 0 Å². The van der Waals surface area contributed by atoms with Gasteiger partial charge >= 0.3 is 0 Å². The van der Waals surface area contributed by atoms with Gasteiger partial charge in [-0.2, -0.15) is 5.26 Å². The van der Waals surface area contributed by atoms with Crippen LogP contribution in [0.2, 0.25) is 0 Å². The molecule has 0 fully saturated rings. The molecule has 0 aliphatic rings. The topological polar surface area (TPSA) is 92.1 Å². The van der Waals surface area contributed by atoms with Gasteiger partial charge in [0.05, 0.1) is 11.0 Å². The van der Waals surface area contributed by atoms with Crippen LogP contribution in [0, 0.1) is 11.3 Å². The third-order valence-electron chi connectivity index (χ3n) is 1.85. The van der Waals surface area contributed by atoms with Gasteiger partial charge in [0, 0.05) is 6.26 Å². The number of rotatable bonds is 3. The van der Waals surface area contributed by atoms with E-state index in [2.05, 4.69) is 0 Å². The highest BCUT2D eigenvalue weighted by atomic mass is 32.3. The predicted octanol–water partition coefficient (Wildman–Crippen LogP) is 0.355. The molecule has 0 bridgehead atoms. The highest BCUT2D eigenvalue weighted by molar-refractivity contribution is 8.09. The van der Waals surface area contributed by atoms with Crippen molar-refractivity contribution >= 4 is 19.7 Å².